The van der Waals surface area contributed by atoms with Gasteiger partial charge in [0.15, 0.2) is 0 Å². The van der Waals surface area contributed by atoms with E-state index in [4.69, 9.17) is 10.8 Å². The Morgan fingerprint density at radius 3 is 2.21 bits per heavy atom. The molecule has 3 rings (SSSR count). The summed E-state index contributed by atoms with van der Waals surface area (Å²) >= 11 is 0. The summed E-state index contributed by atoms with van der Waals surface area (Å²) in [5, 5.41) is 10.4. The van der Waals surface area contributed by atoms with Crippen LogP contribution in [0.2, 0.25) is 0 Å². The average Bonchev–Trinajstić information content (AvgIpc) is 2.67. The van der Waals surface area contributed by atoms with Crippen molar-refractivity contribution in [2.75, 3.05) is 19.0 Å². The predicted molar refractivity (Wildman–Crippen MR) is 109 cm³/mol. The molecule has 1 unspecified atom stereocenters. The van der Waals surface area contributed by atoms with Crippen LogP contribution in [0.1, 0.15) is 5.56 Å². The summed E-state index contributed by atoms with van der Waals surface area (Å²) in [6.45, 7) is 0. The predicted octanol–water partition coefficient (Wildman–Crippen LogP) is 2.69. The van der Waals surface area contributed by atoms with Crippen LogP contribution in [0, 0.1) is 0 Å². The van der Waals surface area contributed by atoms with Crippen LogP contribution in [0.15, 0.2) is 70.5 Å². The third-order valence-corrected chi connectivity index (χ3v) is 6.46. The molecule has 28 heavy (non-hydrogen) atoms. The van der Waals surface area contributed by atoms with Gasteiger partial charge in [-0.05, 0) is 36.2 Å². The van der Waals surface area contributed by atoms with Crippen LogP contribution in [0.3, 0.4) is 0 Å². The van der Waals surface area contributed by atoms with Gasteiger partial charge in [0.1, 0.15) is 6.04 Å². The van der Waals surface area contributed by atoms with E-state index in [1.807, 2.05) is 37.2 Å². The second-order valence-corrected chi connectivity index (χ2v) is 8.74. The third kappa shape index (κ3) is 3.72. The van der Waals surface area contributed by atoms with E-state index in [-0.39, 0.29) is 16.2 Å². The normalized spacial score (nSPS) is 12.7. The topological polar surface area (TPSA) is 101 Å². The quantitative estimate of drug-likeness (QED) is 0.662. The SMILES string of the molecule is CN(C)c1cccc2c(S(=O)(=O)c3ccc(CC(N)C(=O)O)cc3)cccc12. The first-order chi connectivity index (χ1) is 13.2. The molecule has 0 aliphatic heterocycles. The van der Waals surface area contributed by atoms with Gasteiger partial charge in [-0.25, -0.2) is 8.42 Å². The summed E-state index contributed by atoms with van der Waals surface area (Å²) in [4.78, 5) is 13.2. The Bertz CT molecular complexity index is 1120. The molecule has 146 valence electrons. The molecular weight excluding hydrogens is 376 g/mol. The van der Waals surface area contributed by atoms with Crippen molar-refractivity contribution >= 4 is 32.3 Å². The maximum atomic E-state index is 13.2. The second kappa shape index (κ2) is 7.61. The molecular formula is C21H22N2O4S. The van der Waals surface area contributed by atoms with E-state index in [1.165, 1.54) is 12.1 Å². The zero-order valence-electron chi connectivity index (χ0n) is 15.7. The lowest BCUT2D eigenvalue weighted by atomic mass is 10.1. The minimum atomic E-state index is -3.74. The van der Waals surface area contributed by atoms with E-state index >= 15 is 0 Å². The fraction of sp³-hybridized carbons (Fsp3) is 0.190. The van der Waals surface area contributed by atoms with Gasteiger partial charge in [-0.3, -0.25) is 4.79 Å². The van der Waals surface area contributed by atoms with Crippen molar-refractivity contribution in [1.82, 2.24) is 0 Å². The Balaban J connectivity index is 2.04. The molecule has 0 fully saturated rings. The van der Waals surface area contributed by atoms with E-state index < -0.39 is 21.8 Å². The minimum Gasteiger partial charge on any atom is -0.480 e. The minimum absolute atomic E-state index is 0.135. The zero-order valence-corrected chi connectivity index (χ0v) is 16.5. The van der Waals surface area contributed by atoms with Crippen LogP contribution >= 0.6 is 0 Å². The third-order valence-electron chi connectivity index (χ3n) is 4.64. The number of hydrogen-bond acceptors (Lipinski definition) is 5. The van der Waals surface area contributed by atoms with Crippen LogP contribution in [0.25, 0.3) is 10.8 Å². The molecule has 0 bridgehead atoms. The molecule has 3 aromatic rings. The van der Waals surface area contributed by atoms with Crippen molar-refractivity contribution in [3.05, 3.63) is 66.2 Å². The molecule has 0 saturated carbocycles. The number of carboxylic acid groups (broad SMARTS) is 1. The molecule has 3 N–H and O–H groups in total. The number of sulfone groups is 1. The summed E-state index contributed by atoms with van der Waals surface area (Å²) in [5.74, 6) is -1.09. The summed E-state index contributed by atoms with van der Waals surface area (Å²) < 4.78 is 26.5. The zero-order chi connectivity index (χ0) is 20.5. The van der Waals surface area contributed by atoms with Crippen LogP contribution in [-0.4, -0.2) is 39.6 Å². The van der Waals surface area contributed by atoms with Gasteiger partial charge < -0.3 is 15.7 Å². The number of anilines is 1. The first-order valence-corrected chi connectivity index (χ1v) is 10.2. The van der Waals surface area contributed by atoms with Gasteiger partial charge in [-0.2, -0.15) is 0 Å². The Morgan fingerprint density at radius 1 is 1.00 bits per heavy atom. The van der Waals surface area contributed by atoms with Gasteiger partial charge in [-0.15, -0.1) is 0 Å². The highest BCUT2D eigenvalue weighted by Gasteiger charge is 2.21. The Hall–Kier alpha value is -2.90. The van der Waals surface area contributed by atoms with E-state index in [2.05, 4.69) is 0 Å². The number of hydrogen-bond donors (Lipinski definition) is 2. The van der Waals surface area contributed by atoms with Gasteiger partial charge in [0.05, 0.1) is 9.79 Å². The fourth-order valence-electron chi connectivity index (χ4n) is 3.16. The molecule has 0 radical (unpaired) electrons. The fourth-order valence-corrected chi connectivity index (χ4v) is 4.64. The summed E-state index contributed by atoms with van der Waals surface area (Å²) in [6, 6.07) is 16.0. The van der Waals surface area contributed by atoms with Crippen LogP contribution in [0.4, 0.5) is 5.69 Å². The number of carbonyl (C=O) groups is 1. The molecule has 0 heterocycles. The van der Waals surface area contributed by atoms with Crippen molar-refractivity contribution in [3.8, 4) is 0 Å². The number of fused-ring (bicyclic) bond motifs is 1. The Labute approximate surface area is 164 Å². The molecule has 6 nitrogen and oxygen atoms in total. The molecule has 3 aromatic carbocycles. The maximum Gasteiger partial charge on any atom is 0.320 e. The summed E-state index contributed by atoms with van der Waals surface area (Å²) in [6.07, 6.45) is 0.135. The number of aliphatic carboxylic acids is 1. The molecule has 1 atom stereocenters. The van der Waals surface area contributed by atoms with Gasteiger partial charge in [0.2, 0.25) is 9.84 Å². The van der Waals surface area contributed by atoms with Crippen molar-refractivity contribution < 1.29 is 18.3 Å². The van der Waals surface area contributed by atoms with E-state index in [0.717, 1.165) is 11.1 Å². The largest absolute Gasteiger partial charge is 0.480 e. The van der Waals surface area contributed by atoms with Gasteiger partial charge in [0, 0.05) is 30.6 Å². The lowest BCUT2D eigenvalue weighted by molar-refractivity contribution is -0.138. The standard InChI is InChI=1S/C21H22N2O4S/c1-23(2)19-7-3-6-17-16(19)5-4-8-20(17)28(26,27)15-11-9-14(10-12-15)13-18(22)21(24)25/h3-12,18H,13,22H2,1-2H3,(H,24,25). The molecule has 7 heteroatoms. The average molecular weight is 398 g/mol. The molecule has 0 aliphatic rings. The van der Waals surface area contributed by atoms with Crippen LogP contribution in [0.5, 0.6) is 0 Å². The lowest BCUT2D eigenvalue weighted by Crippen LogP contribution is -2.32. The van der Waals surface area contributed by atoms with Crippen molar-refractivity contribution in [3.63, 3.8) is 0 Å². The molecule has 0 aliphatic carbocycles. The van der Waals surface area contributed by atoms with E-state index in [9.17, 15) is 13.2 Å². The second-order valence-electron chi connectivity index (χ2n) is 6.82. The van der Waals surface area contributed by atoms with Gasteiger partial charge >= 0.3 is 5.97 Å². The van der Waals surface area contributed by atoms with E-state index in [1.54, 1.807) is 30.3 Å². The van der Waals surface area contributed by atoms with E-state index in [0.29, 0.717) is 10.9 Å². The monoisotopic (exact) mass is 398 g/mol. The summed E-state index contributed by atoms with van der Waals surface area (Å²) in [7, 11) is 0.0907. The van der Waals surface area contributed by atoms with Crippen LogP contribution < -0.4 is 10.6 Å². The Morgan fingerprint density at radius 2 is 1.61 bits per heavy atom. The first kappa shape index (κ1) is 19.9. The highest BCUT2D eigenvalue weighted by atomic mass is 32.2. The highest BCUT2D eigenvalue weighted by molar-refractivity contribution is 7.91. The highest BCUT2D eigenvalue weighted by Crippen LogP contribution is 2.33. The van der Waals surface area contributed by atoms with Crippen molar-refractivity contribution in [2.24, 2.45) is 5.73 Å². The number of rotatable bonds is 6. The molecule has 0 spiro atoms. The first-order valence-electron chi connectivity index (χ1n) is 8.73. The lowest BCUT2D eigenvalue weighted by Gasteiger charge is -2.17. The van der Waals surface area contributed by atoms with Crippen molar-refractivity contribution in [1.29, 1.82) is 0 Å². The maximum absolute atomic E-state index is 13.2. The molecule has 0 amide bonds. The summed E-state index contributed by atoms with van der Waals surface area (Å²) in [5.41, 5.74) is 7.15. The van der Waals surface area contributed by atoms with Crippen molar-refractivity contribution in [2.45, 2.75) is 22.3 Å². The number of carboxylic acids is 1. The number of nitrogens with zero attached hydrogens (tertiary/aromatic N) is 1. The Kier molecular flexibility index (Phi) is 5.40. The van der Waals surface area contributed by atoms with Gasteiger partial charge in [0.25, 0.3) is 0 Å². The number of benzene rings is 3. The smallest absolute Gasteiger partial charge is 0.320 e. The molecule has 0 aromatic heterocycles. The van der Waals surface area contributed by atoms with Crippen LogP contribution in [-0.2, 0) is 21.1 Å². The number of nitrogens with two attached hydrogens (primary N) is 1. The molecule has 0 saturated heterocycles. The van der Waals surface area contributed by atoms with Gasteiger partial charge in [-0.1, -0.05) is 36.4 Å².